The Balaban J connectivity index is 1.53. The van der Waals surface area contributed by atoms with Crippen LogP contribution < -0.4 is 0 Å². The summed E-state index contributed by atoms with van der Waals surface area (Å²) in [6, 6.07) is 13.6. The first-order valence-electron chi connectivity index (χ1n) is 7.41. The summed E-state index contributed by atoms with van der Waals surface area (Å²) in [6.07, 6.45) is -0.0426. The number of ether oxygens (including phenoxy) is 1. The van der Waals surface area contributed by atoms with Crippen molar-refractivity contribution in [2.45, 2.75) is 13.0 Å². The van der Waals surface area contributed by atoms with Crippen LogP contribution >= 0.6 is 11.6 Å². The fraction of sp³-hybridized carbons (Fsp3) is 0.167. The van der Waals surface area contributed by atoms with Gasteiger partial charge in [-0.25, -0.2) is 0 Å². The zero-order chi connectivity index (χ0) is 17.1. The average Bonchev–Trinajstić information content (AvgIpc) is 2.84. The Morgan fingerprint density at radius 2 is 1.54 bits per heavy atom. The minimum absolute atomic E-state index is 0.00575. The molecule has 0 saturated heterocycles. The van der Waals surface area contributed by atoms with Crippen LogP contribution in [0.3, 0.4) is 0 Å². The minimum Gasteiger partial charge on any atom is -0.461 e. The quantitative estimate of drug-likeness (QED) is 0.618. The van der Waals surface area contributed by atoms with E-state index in [4.69, 9.17) is 16.3 Å². The van der Waals surface area contributed by atoms with Crippen LogP contribution in [0.2, 0.25) is 5.02 Å². The molecule has 2 amide bonds. The molecule has 24 heavy (non-hydrogen) atoms. The van der Waals surface area contributed by atoms with E-state index in [0.29, 0.717) is 16.1 Å². The Labute approximate surface area is 143 Å². The summed E-state index contributed by atoms with van der Waals surface area (Å²) in [6.45, 7) is 0.129. The normalized spacial score (nSPS) is 13.1. The molecule has 3 rings (SSSR count). The van der Waals surface area contributed by atoms with Crippen molar-refractivity contribution in [1.29, 1.82) is 0 Å². The summed E-state index contributed by atoms with van der Waals surface area (Å²) in [5.74, 6) is -1.22. The first-order valence-corrected chi connectivity index (χ1v) is 7.79. The zero-order valence-electron chi connectivity index (χ0n) is 12.7. The lowest BCUT2D eigenvalue weighted by atomic mass is 10.1. The number of carbonyl (C=O) groups is 3. The molecule has 0 fully saturated rings. The molecule has 0 saturated carbocycles. The van der Waals surface area contributed by atoms with Crippen LogP contribution in [-0.2, 0) is 16.1 Å². The highest BCUT2D eigenvalue weighted by atomic mass is 35.5. The molecule has 1 heterocycles. The smallest absolute Gasteiger partial charge is 0.307 e. The molecule has 2 aromatic carbocycles. The summed E-state index contributed by atoms with van der Waals surface area (Å²) in [5.41, 5.74) is 1.56. The summed E-state index contributed by atoms with van der Waals surface area (Å²) in [7, 11) is 0. The van der Waals surface area contributed by atoms with Crippen molar-refractivity contribution in [3.05, 3.63) is 70.2 Å². The van der Waals surface area contributed by atoms with Crippen LogP contribution in [-0.4, -0.2) is 29.2 Å². The number of fused-ring (bicyclic) bond motifs is 1. The number of imide groups is 1. The maximum absolute atomic E-state index is 12.2. The van der Waals surface area contributed by atoms with Crippen LogP contribution in [0.25, 0.3) is 0 Å². The van der Waals surface area contributed by atoms with Crippen LogP contribution in [0.5, 0.6) is 0 Å². The van der Waals surface area contributed by atoms with E-state index in [-0.39, 0.29) is 31.4 Å². The van der Waals surface area contributed by atoms with Gasteiger partial charge in [0.2, 0.25) is 0 Å². The zero-order valence-corrected chi connectivity index (χ0v) is 13.5. The van der Waals surface area contributed by atoms with E-state index in [9.17, 15) is 14.4 Å². The van der Waals surface area contributed by atoms with Crippen molar-refractivity contribution in [3.8, 4) is 0 Å². The fourth-order valence-electron chi connectivity index (χ4n) is 2.46. The van der Waals surface area contributed by atoms with E-state index < -0.39 is 5.97 Å². The summed E-state index contributed by atoms with van der Waals surface area (Å²) < 4.78 is 5.14. The third-order valence-corrected chi connectivity index (χ3v) is 3.98. The third-order valence-electron chi connectivity index (χ3n) is 3.73. The number of hydrogen-bond acceptors (Lipinski definition) is 4. The van der Waals surface area contributed by atoms with Gasteiger partial charge >= 0.3 is 5.97 Å². The highest BCUT2D eigenvalue weighted by Gasteiger charge is 2.35. The van der Waals surface area contributed by atoms with Gasteiger partial charge in [0.25, 0.3) is 11.8 Å². The molecule has 122 valence electrons. The van der Waals surface area contributed by atoms with Crippen LogP contribution in [0.15, 0.2) is 48.5 Å². The van der Waals surface area contributed by atoms with Gasteiger partial charge in [-0.1, -0.05) is 35.9 Å². The van der Waals surface area contributed by atoms with E-state index in [2.05, 4.69) is 0 Å². The number of hydrogen-bond donors (Lipinski definition) is 0. The molecule has 6 heteroatoms. The van der Waals surface area contributed by atoms with E-state index in [1.165, 1.54) is 0 Å². The molecular weight excluding hydrogens is 330 g/mol. The van der Waals surface area contributed by atoms with Gasteiger partial charge in [-0.3, -0.25) is 19.3 Å². The maximum Gasteiger partial charge on any atom is 0.307 e. The predicted molar refractivity (Wildman–Crippen MR) is 87.7 cm³/mol. The summed E-state index contributed by atoms with van der Waals surface area (Å²) in [4.78, 5) is 37.2. The van der Waals surface area contributed by atoms with Gasteiger partial charge in [0, 0.05) is 11.6 Å². The Kier molecular flexibility index (Phi) is 4.62. The van der Waals surface area contributed by atoms with Crippen LogP contribution in [0.4, 0.5) is 0 Å². The molecule has 0 N–H and O–H groups in total. The lowest BCUT2D eigenvalue weighted by molar-refractivity contribution is -0.145. The van der Waals surface area contributed by atoms with Crippen molar-refractivity contribution < 1.29 is 19.1 Å². The van der Waals surface area contributed by atoms with Gasteiger partial charge in [0.1, 0.15) is 6.61 Å². The molecule has 1 aliphatic rings. The number of amides is 2. The van der Waals surface area contributed by atoms with E-state index in [0.717, 1.165) is 10.5 Å². The second-order valence-electron chi connectivity index (χ2n) is 5.34. The van der Waals surface area contributed by atoms with Gasteiger partial charge in [0.05, 0.1) is 17.5 Å². The van der Waals surface area contributed by atoms with Crippen molar-refractivity contribution in [1.82, 2.24) is 4.90 Å². The number of rotatable bonds is 5. The van der Waals surface area contributed by atoms with Crippen molar-refractivity contribution in [2.75, 3.05) is 6.54 Å². The standard InChI is InChI=1S/C18H14ClNO4/c19-13-7-5-12(6-8-13)11-24-16(21)9-10-20-17(22)14-3-1-2-4-15(14)18(20)23/h1-8H,9-11H2. The summed E-state index contributed by atoms with van der Waals surface area (Å²) >= 11 is 5.79. The Bertz CT molecular complexity index is 766. The second-order valence-corrected chi connectivity index (χ2v) is 5.78. The van der Waals surface area contributed by atoms with Crippen LogP contribution in [0.1, 0.15) is 32.7 Å². The highest BCUT2D eigenvalue weighted by molar-refractivity contribution is 6.30. The number of carbonyl (C=O) groups excluding carboxylic acids is 3. The molecule has 2 aromatic rings. The van der Waals surface area contributed by atoms with Crippen molar-refractivity contribution >= 4 is 29.4 Å². The van der Waals surface area contributed by atoms with Gasteiger partial charge < -0.3 is 4.74 Å². The van der Waals surface area contributed by atoms with E-state index in [1.807, 2.05) is 0 Å². The number of benzene rings is 2. The van der Waals surface area contributed by atoms with Gasteiger partial charge in [0.15, 0.2) is 0 Å². The Morgan fingerprint density at radius 1 is 0.958 bits per heavy atom. The topological polar surface area (TPSA) is 63.7 Å². The molecule has 0 atom stereocenters. The van der Waals surface area contributed by atoms with Crippen molar-refractivity contribution in [2.24, 2.45) is 0 Å². The molecule has 5 nitrogen and oxygen atoms in total. The Morgan fingerprint density at radius 3 is 2.12 bits per heavy atom. The molecule has 0 unspecified atom stereocenters. The first-order chi connectivity index (χ1) is 11.6. The Hall–Kier alpha value is -2.66. The molecule has 0 bridgehead atoms. The molecule has 0 aromatic heterocycles. The van der Waals surface area contributed by atoms with Gasteiger partial charge in [-0.2, -0.15) is 0 Å². The third kappa shape index (κ3) is 3.31. The fourth-order valence-corrected chi connectivity index (χ4v) is 2.59. The minimum atomic E-state index is -0.471. The number of halogens is 1. The average molecular weight is 344 g/mol. The van der Waals surface area contributed by atoms with Gasteiger partial charge in [-0.05, 0) is 29.8 Å². The van der Waals surface area contributed by atoms with E-state index >= 15 is 0 Å². The molecule has 0 aliphatic carbocycles. The number of nitrogens with zero attached hydrogens (tertiary/aromatic N) is 1. The monoisotopic (exact) mass is 343 g/mol. The molecule has 1 aliphatic heterocycles. The van der Waals surface area contributed by atoms with Crippen LogP contribution in [0, 0.1) is 0 Å². The maximum atomic E-state index is 12.2. The van der Waals surface area contributed by atoms with Crippen molar-refractivity contribution in [3.63, 3.8) is 0 Å². The highest BCUT2D eigenvalue weighted by Crippen LogP contribution is 2.22. The van der Waals surface area contributed by atoms with Gasteiger partial charge in [-0.15, -0.1) is 0 Å². The summed E-state index contributed by atoms with van der Waals surface area (Å²) in [5, 5.41) is 0.607. The predicted octanol–water partition coefficient (Wildman–Crippen LogP) is 3.07. The largest absolute Gasteiger partial charge is 0.461 e. The molecule has 0 spiro atoms. The SMILES string of the molecule is O=C(CCN1C(=O)c2ccccc2C1=O)OCc1ccc(Cl)cc1. The molecule has 0 radical (unpaired) electrons. The second kappa shape index (κ2) is 6.84. The molecular formula is C18H14ClNO4. The van der Waals surface area contributed by atoms with E-state index in [1.54, 1.807) is 48.5 Å². The lowest BCUT2D eigenvalue weighted by Crippen LogP contribution is -2.32. The first kappa shape index (κ1) is 16.2. The lowest BCUT2D eigenvalue weighted by Gasteiger charge is -2.13. The number of esters is 1.